The van der Waals surface area contributed by atoms with E-state index in [-0.39, 0.29) is 18.0 Å². The van der Waals surface area contributed by atoms with Crippen LogP contribution in [-0.2, 0) is 11.3 Å². The van der Waals surface area contributed by atoms with E-state index in [0.29, 0.717) is 12.1 Å². The zero-order chi connectivity index (χ0) is 15.4. The van der Waals surface area contributed by atoms with Gasteiger partial charge < -0.3 is 10.0 Å². The Kier molecular flexibility index (Phi) is 4.90. The second-order valence-electron chi connectivity index (χ2n) is 5.38. The number of nitrogens with zero attached hydrogens (tertiary/aromatic N) is 2. The normalized spacial score (nSPS) is 14.7. The second-order valence-corrected chi connectivity index (χ2v) is 5.38. The second kappa shape index (κ2) is 6.67. The molecule has 0 bridgehead atoms. The molecule has 1 N–H and O–H groups in total. The van der Waals surface area contributed by atoms with Gasteiger partial charge in [0.15, 0.2) is 0 Å². The molecule has 1 saturated heterocycles. The van der Waals surface area contributed by atoms with Crippen LogP contribution in [0.1, 0.15) is 28.8 Å². The first-order chi connectivity index (χ1) is 9.97. The van der Waals surface area contributed by atoms with Crippen LogP contribution >= 0.6 is 0 Å². The first kappa shape index (κ1) is 15.4. The van der Waals surface area contributed by atoms with E-state index in [9.17, 15) is 14.0 Å². The van der Waals surface area contributed by atoms with Crippen LogP contribution in [0.15, 0.2) is 18.2 Å². The van der Waals surface area contributed by atoms with Crippen molar-refractivity contribution in [2.75, 3.05) is 26.7 Å². The first-order valence-electron chi connectivity index (χ1n) is 6.95. The van der Waals surface area contributed by atoms with Crippen LogP contribution < -0.4 is 0 Å². The minimum atomic E-state index is -1.28. The highest BCUT2D eigenvalue weighted by atomic mass is 19.1. The fourth-order valence-corrected chi connectivity index (χ4v) is 2.50. The van der Waals surface area contributed by atoms with Crippen LogP contribution in [-0.4, -0.2) is 53.5 Å². The third-order valence-electron chi connectivity index (χ3n) is 3.58. The van der Waals surface area contributed by atoms with E-state index in [0.717, 1.165) is 25.9 Å². The van der Waals surface area contributed by atoms with Gasteiger partial charge in [0, 0.05) is 19.6 Å². The van der Waals surface area contributed by atoms with Crippen molar-refractivity contribution in [2.24, 2.45) is 0 Å². The van der Waals surface area contributed by atoms with E-state index in [1.54, 1.807) is 18.0 Å². The summed E-state index contributed by atoms with van der Waals surface area (Å²) < 4.78 is 13.6. The fraction of sp³-hybridized carbons (Fsp3) is 0.467. The third-order valence-corrected chi connectivity index (χ3v) is 3.58. The number of carboxylic acid groups (broad SMARTS) is 1. The number of benzene rings is 1. The predicted molar refractivity (Wildman–Crippen MR) is 75.5 cm³/mol. The molecule has 21 heavy (non-hydrogen) atoms. The van der Waals surface area contributed by atoms with Crippen molar-refractivity contribution < 1.29 is 19.1 Å². The van der Waals surface area contributed by atoms with E-state index >= 15 is 0 Å². The van der Waals surface area contributed by atoms with Crippen LogP contribution in [0.25, 0.3) is 0 Å². The minimum absolute atomic E-state index is 0.0811. The number of aromatic carboxylic acids is 1. The van der Waals surface area contributed by atoms with Crippen molar-refractivity contribution in [3.63, 3.8) is 0 Å². The number of carbonyl (C=O) groups is 2. The molecule has 0 saturated carbocycles. The number of halogens is 1. The van der Waals surface area contributed by atoms with Crippen molar-refractivity contribution in [1.29, 1.82) is 0 Å². The summed E-state index contributed by atoms with van der Waals surface area (Å²) in [4.78, 5) is 26.4. The van der Waals surface area contributed by atoms with Gasteiger partial charge >= 0.3 is 5.97 Å². The summed E-state index contributed by atoms with van der Waals surface area (Å²) in [6, 6.07) is 4.03. The Morgan fingerprint density at radius 2 is 2.00 bits per heavy atom. The average molecular weight is 294 g/mol. The summed E-state index contributed by atoms with van der Waals surface area (Å²) in [7, 11) is 1.79. The van der Waals surface area contributed by atoms with Crippen LogP contribution in [0.4, 0.5) is 4.39 Å². The van der Waals surface area contributed by atoms with Crippen molar-refractivity contribution in [3.8, 4) is 0 Å². The van der Waals surface area contributed by atoms with E-state index in [2.05, 4.69) is 0 Å². The van der Waals surface area contributed by atoms with Gasteiger partial charge in [-0.1, -0.05) is 6.07 Å². The molecular weight excluding hydrogens is 275 g/mol. The molecule has 0 aromatic heterocycles. The lowest BCUT2D eigenvalue weighted by atomic mass is 10.1. The Morgan fingerprint density at radius 1 is 1.33 bits per heavy atom. The molecule has 1 heterocycles. The molecule has 0 atom stereocenters. The molecule has 1 aliphatic rings. The van der Waals surface area contributed by atoms with Gasteiger partial charge in [-0.25, -0.2) is 9.18 Å². The van der Waals surface area contributed by atoms with Gasteiger partial charge in [0.25, 0.3) is 0 Å². The number of likely N-dealkylation sites (tertiary alicyclic amines) is 1. The first-order valence-corrected chi connectivity index (χ1v) is 6.95. The minimum Gasteiger partial charge on any atom is -0.478 e. The third kappa shape index (κ3) is 4.01. The molecule has 0 radical (unpaired) electrons. The smallest absolute Gasteiger partial charge is 0.338 e. The van der Waals surface area contributed by atoms with Gasteiger partial charge in [-0.2, -0.15) is 0 Å². The molecule has 1 fully saturated rings. The van der Waals surface area contributed by atoms with Gasteiger partial charge in [0.2, 0.25) is 5.91 Å². The lowest BCUT2D eigenvalue weighted by Gasteiger charge is -2.21. The van der Waals surface area contributed by atoms with Crippen molar-refractivity contribution in [1.82, 2.24) is 9.80 Å². The van der Waals surface area contributed by atoms with Crippen molar-refractivity contribution >= 4 is 11.9 Å². The fourth-order valence-electron chi connectivity index (χ4n) is 2.50. The molecule has 0 unspecified atom stereocenters. The average Bonchev–Trinajstić information content (AvgIpc) is 2.91. The summed E-state index contributed by atoms with van der Waals surface area (Å²) in [5.74, 6) is -1.95. The Morgan fingerprint density at radius 3 is 2.57 bits per heavy atom. The summed E-state index contributed by atoms with van der Waals surface area (Å²) in [6.45, 7) is 2.31. The van der Waals surface area contributed by atoms with Crippen LogP contribution in [0, 0.1) is 5.82 Å². The maximum Gasteiger partial charge on any atom is 0.338 e. The SMILES string of the molecule is CN(CC(=O)N1CCCC1)Cc1ccc(C(=O)O)c(F)c1. The molecule has 1 aromatic carbocycles. The molecule has 1 aliphatic heterocycles. The maximum absolute atomic E-state index is 13.6. The van der Waals surface area contributed by atoms with Crippen molar-refractivity contribution in [3.05, 3.63) is 35.1 Å². The van der Waals surface area contributed by atoms with Crippen LogP contribution in [0.5, 0.6) is 0 Å². The molecule has 5 nitrogen and oxygen atoms in total. The molecule has 6 heteroatoms. The summed E-state index contributed by atoms with van der Waals surface area (Å²) in [5, 5.41) is 8.78. The summed E-state index contributed by atoms with van der Waals surface area (Å²) >= 11 is 0. The number of rotatable bonds is 5. The van der Waals surface area contributed by atoms with Gasteiger partial charge in [-0.15, -0.1) is 0 Å². The van der Waals surface area contributed by atoms with E-state index in [1.807, 2.05) is 4.90 Å². The molecule has 1 aromatic rings. The monoisotopic (exact) mass is 294 g/mol. The maximum atomic E-state index is 13.6. The lowest BCUT2D eigenvalue weighted by molar-refractivity contribution is -0.131. The predicted octanol–water partition coefficient (Wildman–Crippen LogP) is 1.58. The van der Waals surface area contributed by atoms with E-state index in [1.165, 1.54) is 12.1 Å². The molecule has 114 valence electrons. The Labute approximate surface area is 123 Å². The molecule has 2 rings (SSSR count). The number of carbonyl (C=O) groups excluding carboxylic acids is 1. The van der Waals surface area contributed by atoms with Gasteiger partial charge in [-0.3, -0.25) is 9.69 Å². The zero-order valence-electron chi connectivity index (χ0n) is 12.0. The zero-order valence-corrected chi connectivity index (χ0v) is 12.0. The van der Waals surface area contributed by atoms with Gasteiger partial charge in [0.1, 0.15) is 5.82 Å². The number of hydrogen-bond donors (Lipinski definition) is 1. The number of likely N-dealkylation sites (N-methyl/N-ethyl adjacent to an activating group) is 1. The van der Waals surface area contributed by atoms with Crippen molar-refractivity contribution in [2.45, 2.75) is 19.4 Å². The van der Waals surface area contributed by atoms with Gasteiger partial charge in [-0.05, 0) is 37.6 Å². The Bertz CT molecular complexity index is 542. The molecule has 0 spiro atoms. The number of carboxylic acids is 1. The van der Waals surface area contributed by atoms with E-state index < -0.39 is 11.8 Å². The standard InChI is InChI=1S/C15H19FN2O3/c1-17(10-14(19)18-6-2-3-7-18)9-11-4-5-12(15(20)21)13(16)8-11/h4-5,8H,2-3,6-7,9-10H2,1H3,(H,20,21). The highest BCUT2D eigenvalue weighted by Gasteiger charge is 2.19. The quantitative estimate of drug-likeness (QED) is 0.895. The highest BCUT2D eigenvalue weighted by Crippen LogP contribution is 2.13. The molecular formula is C15H19FN2O3. The molecule has 0 aliphatic carbocycles. The van der Waals surface area contributed by atoms with E-state index in [4.69, 9.17) is 5.11 Å². The van der Waals surface area contributed by atoms with Gasteiger partial charge in [0.05, 0.1) is 12.1 Å². The summed E-state index contributed by atoms with van der Waals surface area (Å²) in [5.41, 5.74) is 0.309. The number of hydrogen-bond acceptors (Lipinski definition) is 3. The summed E-state index contributed by atoms with van der Waals surface area (Å²) in [6.07, 6.45) is 2.11. The Balaban J connectivity index is 1.93. The largest absolute Gasteiger partial charge is 0.478 e. The topological polar surface area (TPSA) is 60.9 Å². The van der Waals surface area contributed by atoms with Crippen LogP contribution in [0.2, 0.25) is 0 Å². The Hall–Kier alpha value is -1.95. The highest BCUT2D eigenvalue weighted by molar-refractivity contribution is 5.87. The number of amides is 1. The molecule has 1 amide bonds. The van der Waals surface area contributed by atoms with Crippen LogP contribution in [0.3, 0.4) is 0 Å². The lowest BCUT2D eigenvalue weighted by Crippen LogP contribution is -2.37.